The van der Waals surface area contributed by atoms with E-state index in [0.29, 0.717) is 23.0 Å². The zero-order valence-corrected chi connectivity index (χ0v) is 31.7. The van der Waals surface area contributed by atoms with E-state index in [0.717, 1.165) is 55.7 Å². The summed E-state index contributed by atoms with van der Waals surface area (Å²) in [5, 5.41) is 2.22. The predicted octanol–water partition coefficient (Wildman–Crippen LogP) is 15.0. The molecule has 0 fully saturated rings. The molecular formula is C55H33NO3. The summed E-state index contributed by atoms with van der Waals surface area (Å²) >= 11 is 0. The highest BCUT2D eigenvalue weighted by Gasteiger charge is 2.52. The molecular weight excluding hydrogens is 723 g/mol. The number of furan rings is 1. The lowest BCUT2D eigenvalue weighted by Gasteiger charge is -2.32. The molecule has 0 radical (unpaired) electrons. The first-order chi connectivity index (χ1) is 29.2. The summed E-state index contributed by atoms with van der Waals surface area (Å²) < 4.78 is 20.2. The molecule has 3 aliphatic rings. The molecule has 4 nitrogen and oxygen atoms in total. The summed E-state index contributed by atoms with van der Waals surface area (Å²) in [5.41, 5.74) is 16.4. The molecule has 0 amide bonds. The maximum Gasteiger partial charge on any atom is 0.194 e. The summed E-state index contributed by atoms with van der Waals surface area (Å²) in [6.45, 7) is 0. The minimum Gasteiger partial charge on any atom is -0.456 e. The molecule has 1 aromatic heterocycles. The van der Waals surface area contributed by atoms with Gasteiger partial charge in [-0.2, -0.15) is 0 Å². The van der Waals surface area contributed by atoms with Gasteiger partial charge < -0.3 is 18.8 Å². The van der Waals surface area contributed by atoms with Gasteiger partial charge in [-0.1, -0.05) is 133 Å². The van der Waals surface area contributed by atoms with Crippen molar-refractivity contribution >= 4 is 39.0 Å². The van der Waals surface area contributed by atoms with E-state index in [1.807, 2.05) is 24.3 Å². The Bertz CT molecular complexity index is 3320. The van der Waals surface area contributed by atoms with Gasteiger partial charge in [-0.05, 0) is 122 Å². The zero-order valence-electron chi connectivity index (χ0n) is 31.7. The lowest BCUT2D eigenvalue weighted by atomic mass is 9.70. The first kappa shape index (κ1) is 32.3. The maximum atomic E-state index is 7.08. The summed E-state index contributed by atoms with van der Waals surface area (Å²) in [6.07, 6.45) is 0. The van der Waals surface area contributed by atoms with Crippen molar-refractivity contribution in [1.29, 1.82) is 0 Å². The topological polar surface area (TPSA) is 34.8 Å². The molecule has 1 spiro atoms. The van der Waals surface area contributed by atoms with Gasteiger partial charge in [0.05, 0.1) is 11.1 Å². The third-order valence-electron chi connectivity index (χ3n) is 12.5. The van der Waals surface area contributed by atoms with Crippen LogP contribution in [0.4, 0.5) is 17.1 Å². The molecule has 0 atom stereocenters. The van der Waals surface area contributed by atoms with Crippen molar-refractivity contribution in [3.05, 3.63) is 222 Å². The lowest BCUT2D eigenvalue weighted by molar-refractivity contribution is 0.360. The predicted molar refractivity (Wildman–Crippen MR) is 237 cm³/mol. The molecule has 0 saturated carbocycles. The number of fused-ring (bicyclic) bond motifs is 15. The second kappa shape index (κ2) is 12.1. The van der Waals surface area contributed by atoms with Gasteiger partial charge in [0.15, 0.2) is 23.0 Å². The van der Waals surface area contributed by atoms with Crippen molar-refractivity contribution in [2.24, 2.45) is 0 Å². The summed E-state index contributed by atoms with van der Waals surface area (Å²) in [4.78, 5) is 2.26. The molecule has 2 heterocycles. The maximum absolute atomic E-state index is 7.08. The van der Waals surface area contributed by atoms with Gasteiger partial charge in [0.1, 0.15) is 11.2 Å². The van der Waals surface area contributed by atoms with Crippen LogP contribution in [0.5, 0.6) is 23.0 Å². The van der Waals surface area contributed by atoms with Crippen molar-refractivity contribution in [2.45, 2.75) is 5.41 Å². The number of para-hydroxylation sites is 3. The molecule has 0 saturated heterocycles. The molecule has 276 valence electrons. The van der Waals surface area contributed by atoms with Crippen molar-refractivity contribution in [2.75, 3.05) is 4.90 Å². The van der Waals surface area contributed by atoms with E-state index in [1.54, 1.807) is 0 Å². The summed E-state index contributed by atoms with van der Waals surface area (Å²) in [5.74, 6) is 2.73. The minimum atomic E-state index is -0.468. The van der Waals surface area contributed by atoms with Gasteiger partial charge in [-0.25, -0.2) is 0 Å². The molecule has 0 bridgehead atoms. The van der Waals surface area contributed by atoms with Crippen LogP contribution < -0.4 is 14.4 Å². The van der Waals surface area contributed by atoms with Gasteiger partial charge >= 0.3 is 0 Å². The van der Waals surface area contributed by atoms with Crippen LogP contribution in [0.2, 0.25) is 0 Å². The van der Waals surface area contributed by atoms with E-state index >= 15 is 0 Å². The Balaban J connectivity index is 0.953. The monoisotopic (exact) mass is 755 g/mol. The fraction of sp³-hybridized carbons (Fsp3) is 0.0182. The van der Waals surface area contributed by atoms with Crippen LogP contribution in [0.1, 0.15) is 22.3 Å². The highest BCUT2D eigenvalue weighted by atomic mass is 16.6. The van der Waals surface area contributed by atoms with Crippen molar-refractivity contribution in [3.8, 4) is 56.4 Å². The van der Waals surface area contributed by atoms with Crippen LogP contribution >= 0.6 is 0 Å². The van der Waals surface area contributed by atoms with E-state index in [-0.39, 0.29) is 0 Å². The molecule has 10 aromatic rings. The molecule has 4 heteroatoms. The number of anilines is 3. The number of hydrogen-bond acceptors (Lipinski definition) is 4. The molecule has 0 unspecified atom stereocenters. The van der Waals surface area contributed by atoms with Gasteiger partial charge in [-0.3, -0.25) is 0 Å². The Morgan fingerprint density at radius 2 is 0.966 bits per heavy atom. The molecule has 1 aliphatic heterocycles. The van der Waals surface area contributed by atoms with E-state index in [4.69, 9.17) is 13.9 Å². The number of nitrogens with zero attached hydrogens (tertiary/aromatic N) is 1. The Morgan fingerprint density at radius 1 is 0.356 bits per heavy atom. The molecule has 2 aliphatic carbocycles. The van der Waals surface area contributed by atoms with Crippen molar-refractivity contribution in [1.82, 2.24) is 0 Å². The average molecular weight is 756 g/mol. The van der Waals surface area contributed by atoms with Crippen LogP contribution in [0.3, 0.4) is 0 Å². The smallest absolute Gasteiger partial charge is 0.194 e. The third-order valence-corrected chi connectivity index (χ3v) is 12.5. The molecule has 13 rings (SSSR count). The fourth-order valence-corrected chi connectivity index (χ4v) is 10.1. The van der Waals surface area contributed by atoms with Gasteiger partial charge in [0.25, 0.3) is 0 Å². The zero-order chi connectivity index (χ0) is 38.7. The third kappa shape index (κ3) is 4.48. The van der Waals surface area contributed by atoms with Crippen molar-refractivity contribution < 1.29 is 13.9 Å². The van der Waals surface area contributed by atoms with E-state index < -0.39 is 5.41 Å². The van der Waals surface area contributed by atoms with Crippen LogP contribution in [0.15, 0.2) is 205 Å². The van der Waals surface area contributed by atoms with E-state index in [9.17, 15) is 0 Å². The van der Waals surface area contributed by atoms with Crippen LogP contribution in [-0.2, 0) is 5.41 Å². The van der Waals surface area contributed by atoms with E-state index in [2.05, 4.69) is 181 Å². The van der Waals surface area contributed by atoms with E-state index in [1.165, 1.54) is 38.9 Å². The van der Waals surface area contributed by atoms with Gasteiger partial charge in [-0.15, -0.1) is 0 Å². The quantitative estimate of drug-likeness (QED) is 0.179. The Morgan fingerprint density at radius 3 is 1.75 bits per heavy atom. The van der Waals surface area contributed by atoms with Crippen LogP contribution in [0.25, 0.3) is 55.3 Å². The van der Waals surface area contributed by atoms with Crippen molar-refractivity contribution in [3.63, 3.8) is 0 Å². The SMILES string of the molecule is c1ccc(N(c2cccc(-c3ccc4oc5ccccc5c4c3)c2)c2cccc3c2Oc2cc4c(cc2O3)C2(c3ccccc3-c3ccccc32)c2ccccc2-4)cc1. The summed E-state index contributed by atoms with van der Waals surface area (Å²) in [7, 11) is 0. The average Bonchev–Trinajstić information content (AvgIpc) is 3.92. The second-order valence-corrected chi connectivity index (χ2v) is 15.6. The molecule has 59 heavy (non-hydrogen) atoms. The standard InChI is InChI=1S/C55H33NO3/c1-2-15-36(16-3-1)56(37-17-12-14-34(30-37)35-28-29-50-43(31-35)41-21-7-11-26-49(41)57-50)48-25-13-27-51-54(48)59-52-32-42-40-20-6-10-24-46(40)55(47(42)33-53(52)58-51)44-22-8-4-18-38(44)39-19-5-9-23-45(39)55/h1-33H. The highest BCUT2D eigenvalue weighted by Crippen LogP contribution is 2.65. The molecule has 9 aromatic carbocycles. The van der Waals surface area contributed by atoms with Gasteiger partial charge in [0.2, 0.25) is 0 Å². The second-order valence-electron chi connectivity index (χ2n) is 15.6. The normalized spacial score (nSPS) is 13.5. The molecule has 0 N–H and O–H groups in total. The first-order valence-electron chi connectivity index (χ1n) is 20.1. The summed E-state index contributed by atoms with van der Waals surface area (Å²) in [6, 6.07) is 71.0. The number of rotatable bonds is 4. The number of ether oxygens (including phenoxy) is 2. The van der Waals surface area contributed by atoms with Gasteiger partial charge in [0, 0.05) is 22.1 Å². The minimum absolute atomic E-state index is 0.468. The highest BCUT2D eigenvalue weighted by molar-refractivity contribution is 6.06. The Labute approximate surface area is 340 Å². The largest absolute Gasteiger partial charge is 0.456 e. The Kier molecular flexibility index (Phi) is 6.62. The number of benzene rings is 9. The lowest BCUT2D eigenvalue weighted by Crippen LogP contribution is -2.25. The van der Waals surface area contributed by atoms with Crippen LogP contribution in [-0.4, -0.2) is 0 Å². The first-order valence-corrected chi connectivity index (χ1v) is 20.1. The number of hydrogen-bond donors (Lipinski definition) is 0. The fourth-order valence-electron chi connectivity index (χ4n) is 10.1. The Hall–Kier alpha value is -7.82. The van der Waals surface area contributed by atoms with Crippen LogP contribution in [0, 0.1) is 0 Å².